The van der Waals surface area contributed by atoms with Crippen LogP contribution in [0.3, 0.4) is 0 Å². The molecule has 1 heterocycles. The molecule has 9 rings (SSSR count). The van der Waals surface area contributed by atoms with Gasteiger partial charge in [0.1, 0.15) is 0 Å². The summed E-state index contributed by atoms with van der Waals surface area (Å²) >= 11 is 1.91. The van der Waals surface area contributed by atoms with Gasteiger partial charge in [0, 0.05) is 25.7 Å². The summed E-state index contributed by atoms with van der Waals surface area (Å²) in [4.78, 5) is 0. The average molecular weight is 563 g/mol. The van der Waals surface area contributed by atoms with Crippen LogP contribution in [0.2, 0.25) is 0 Å². The van der Waals surface area contributed by atoms with Crippen LogP contribution in [-0.4, -0.2) is 0 Å². The molecule has 1 heteroatoms. The van der Waals surface area contributed by atoms with E-state index in [9.17, 15) is 0 Å². The topological polar surface area (TPSA) is 0 Å². The molecule has 0 saturated heterocycles. The summed E-state index contributed by atoms with van der Waals surface area (Å²) < 4.78 is 2.68. The van der Waals surface area contributed by atoms with Crippen molar-refractivity contribution in [3.8, 4) is 33.4 Å². The van der Waals surface area contributed by atoms with E-state index in [-0.39, 0.29) is 0 Å². The van der Waals surface area contributed by atoms with Gasteiger partial charge in [-0.2, -0.15) is 0 Å². The van der Waals surface area contributed by atoms with Gasteiger partial charge in [-0.05, 0) is 84.4 Å². The van der Waals surface area contributed by atoms with Gasteiger partial charge >= 0.3 is 0 Å². The summed E-state index contributed by atoms with van der Waals surface area (Å²) in [5, 5.41) is 10.4. The van der Waals surface area contributed by atoms with Gasteiger partial charge < -0.3 is 0 Å². The van der Waals surface area contributed by atoms with Gasteiger partial charge in [-0.15, -0.1) is 11.3 Å². The fraction of sp³-hybridized carbons (Fsp3) is 0. The molecular formula is C42H26S. The predicted octanol–water partition coefficient (Wildman–Crippen LogP) is 12.5. The van der Waals surface area contributed by atoms with E-state index < -0.39 is 0 Å². The van der Waals surface area contributed by atoms with Gasteiger partial charge in [-0.3, -0.25) is 0 Å². The van der Waals surface area contributed by atoms with Crippen molar-refractivity contribution in [1.29, 1.82) is 0 Å². The quantitative estimate of drug-likeness (QED) is 0.201. The van der Waals surface area contributed by atoms with Gasteiger partial charge in [0.25, 0.3) is 0 Å². The molecule has 0 N–H and O–H groups in total. The van der Waals surface area contributed by atoms with E-state index in [4.69, 9.17) is 0 Å². The first kappa shape index (κ1) is 24.4. The second-order valence-corrected chi connectivity index (χ2v) is 12.4. The Labute approximate surface area is 254 Å². The molecular weight excluding hydrogens is 537 g/mol. The number of fused-ring (bicyclic) bond motifs is 7. The fourth-order valence-corrected chi connectivity index (χ4v) is 8.08. The van der Waals surface area contributed by atoms with E-state index in [0.717, 1.165) is 0 Å². The molecule has 0 radical (unpaired) electrons. The molecule has 0 fully saturated rings. The maximum atomic E-state index is 2.38. The molecule has 43 heavy (non-hydrogen) atoms. The standard InChI is InChI=1S/C42H26S/c1-2-11-28(12-3-1)40-39(35-14-6-7-15-36(35)41-37-16-8-9-17-38(37)43-42(40)41)34-23-22-32-25-31(20-21-33(32)26-34)30-19-18-27-10-4-5-13-29(27)24-30/h1-26H. The van der Waals surface area contributed by atoms with E-state index in [1.807, 2.05) is 11.3 Å². The Bertz CT molecular complexity index is 2500. The van der Waals surface area contributed by atoms with Gasteiger partial charge in [0.05, 0.1) is 0 Å². The van der Waals surface area contributed by atoms with Crippen LogP contribution in [0.5, 0.6) is 0 Å². The van der Waals surface area contributed by atoms with Gasteiger partial charge in [-0.1, -0.05) is 133 Å². The van der Waals surface area contributed by atoms with Gasteiger partial charge in [0.2, 0.25) is 0 Å². The fourth-order valence-electron chi connectivity index (χ4n) is 6.79. The first-order valence-corrected chi connectivity index (χ1v) is 15.6. The Kier molecular flexibility index (Phi) is 5.47. The second-order valence-electron chi connectivity index (χ2n) is 11.3. The molecule has 0 bridgehead atoms. The molecule has 1 aromatic heterocycles. The Morgan fingerprint density at radius 3 is 1.63 bits per heavy atom. The van der Waals surface area contributed by atoms with Crippen LogP contribution >= 0.6 is 11.3 Å². The van der Waals surface area contributed by atoms with Crippen LogP contribution in [0.25, 0.3) is 85.9 Å². The van der Waals surface area contributed by atoms with E-state index in [1.165, 1.54) is 85.9 Å². The van der Waals surface area contributed by atoms with E-state index in [0.29, 0.717) is 0 Å². The minimum Gasteiger partial charge on any atom is -0.134 e. The minimum atomic E-state index is 1.24. The van der Waals surface area contributed by atoms with Crippen molar-refractivity contribution in [2.45, 2.75) is 0 Å². The summed E-state index contributed by atoms with van der Waals surface area (Å²) in [5.41, 5.74) is 7.63. The first-order valence-electron chi connectivity index (χ1n) is 14.8. The second kappa shape index (κ2) is 9.66. The number of thiophene rings is 1. The van der Waals surface area contributed by atoms with Crippen LogP contribution < -0.4 is 0 Å². The van der Waals surface area contributed by atoms with Crippen molar-refractivity contribution in [3.05, 3.63) is 158 Å². The molecule has 0 spiro atoms. The lowest BCUT2D eigenvalue weighted by Crippen LogP contribution is -1.90. The van der Waals surface area contributed by atoms with E-state index >= 15 is 0 Å². The Balaban J connectivity index is 1.30. The maximum absolute atomic E-state index is 2.38. The highest BCUT2D eigenvalue weighted by Crippen LogP contribution is 2.50. The minimum absolute atomic E-state index is 1.24. The lowest BCUT2D eigenvalue weighted by molar-refractivity contribution is 1.65. The molecule has 0 nitrogen and oxygen atoms in total. The predicted molar refractivity (Wildman–Crippen MR) is 188 cm³/mol. The average Bonchev–Trinajstić information content (AvgIpc) is 3.47. The molecule has 0 aliphatic carbocycles. The highest BCUT2D eigenvalue weighted by molar-refractivity contribution is 7.26. The molecule has 0 unspecified atom stereocenters. The van der Waals surface area contributed by atoms with Crippen LogP contribution in [0.4, 0.5) is 0 Å². The smallest absolute Gasteiger partial charge is 0.0446 e. The van der Waals surface area contributed by atoms with Crippen molar-refractivity contribution in [3.63, 3.8) is 0 Å². The van der Waals surface area contributed by atoms with Gasteiger partial charge in [-0.25, -0.2) is 0 Å². The van der Waals surface area contributed by atoms with Gasteiger partial charge in [0.15, 0.2) is 0 Å². The van der Waals surface area contributed by atoms with E-state index in [1.54, 1.807) is 0 Å². The molecule has 0 amide bonds. The van der Waals surface area contributed by atoms with Crippen LogP contribution in [0.1, 0.15) is 0 Å². The highest BCUT2D eigenvalue weighted by atomic mass is 32.1. The summed E-state index contributed by atoms with van der Waals surface area (Å²) in [6.07, 6.45) is 0. The zero-order chi connectivity index (χ0) is 28.3. The molecule has 9 aromatic rings. The van der Waals surface area contributed by atoms with Crippen LogP contribution in [0.15, 0.2) is 158 Å². The van der Waals surface area contributed by atoms with Crippen molar-refractivity contribution in [2.24, 2.45) is 0 Å². The van der Waals surface area contributed by atoms with Crippen LogP contribution in [0, 0.1) is 0 Å². The summed E-state index contributed by atoms with van der Waals surface area (Å²) in [6, 6.07) is 57.9. The van der Waals surface area contributed by atoms with E-state index in [2.05, 4.69) is 158 Å². The third-order valence-corrected chi connectivity index (χ3v) is 10.0. The SMILES string of the molecule is c1ccc(-c2c(-c3ccc4cc(-c5ccc6ccccc6c5)ccc4c3)c3ccccc3c3c2sc2ccccc23)cc1. The summed E-state index contributed by atoms with van der Waals surface area (Å²) in [5.74, 6) is 0. The summed E-state index contributed by atoms with van der Waals surface area (Å²) in [7, 11) is 0. The number of rotatable bonds is 3. The zero-order valence-corrected chi connectivity index (χ0v) is 24.2. The van der Waals surface area contributed by atoms with Crippen molar-refractivity contribution < 1.29 is 0 Å². The molecule has 0 aliphatic rings. The van der Waals surface area contributed by atoms with Crippen molar-refractivity contribution in [1.82, 2.24) is 0 Å². The Morgan fingerprint density at radius 2 is 0.860 bits per heavy atom. The molecule has 0 atom stereocenters. The molecule has 8 aromatic carbocycles. The monoisotopic (exact) mass is 562 g/mol. The normalized spacial score (nSPS) is 11.7. The number of hydrogen-bond acceptors (Lipinski definition) is 1. The molecule has 200 valence electrons. The highest BCUT2D eigenvalue weighted by Gasteiger charge is 2.21. The largest absolute Gasteiger partial charge is 0.134 e. The molecule has 0 aliphatic heterocycles. The Morgan fingerprint density at radius 1 is 0.326 bits per heavy atom. The zero-order valence-electron chi connectivity index (χ0n) is 23.4. The third kappa shape index (κ3) is 3.90. The number of hydrogen-bond donors (Lipinski definition) is 0. The van der Waals surface area contributed by atoms with Crippen molar-refractivity contribution in [2.75, 3.05) is 0 Å². The lowest BCUT2D eigenvalue weighted by atomic mass is 9.86. The van der Waals surface area contributed by atoms with Crippen LogP contribution in [-0.2, 0) is 0 Å². The lowest BCUT2D eigenvalue weighted by Gasteiger charge is -2.17. The first-order chi connectivity index (χ1) is 21.3. The number of benzene rings is 8. The summed E-state index contributed by atoms with van der Waals surface area (Å²) in [6.45, 7) is 0. The molecule has 0 saturated carbocycles. The maximum Gasteiger partial charge on any atom is 0.0446 e. The third-order valence-electron chi connectivity index (χ3n) is 8.81. The van der Waals surface area contributed by atoms with Crippen molar-refractivity contribution >= 4 is 63.8 Å². The Hall–Kier alpha value is -5.24.